The molecule has 0 aliphatic heterocycles. The van der Waals surface area contributed by atoms with Crippen molar-refractivity contribution in [2.75, 3.05) is 0 Å². The van der Waals surface area contributed by atoms with Crippen LogP contribution < -0.4 is 0 Å². The topological polar surface area (TPSA) is 55.1 Å². The fraction of sp³-hybridized carbons (Fsp3) is 0.273. The highest BCUT2D eigenvalue weighted by atomic mass is 16.4. The molecule has 1 heterocycles. The molecule has 0 saturated carbocycles. The zero-order chi connectivity index (χ0) is 11.0. The minimum atomic E-state index is -0.874. The van der Waals surface area contributed by atoms with E-state index < -0.39 is 5.97 Å². The molecule has 15 heavy (non-hydrogen) atoms. The number of nitrogens with zero attached hydrogens (tertiary/aromatic N) is 2. The summed E-state index contributed by atoms with van der Waals surface area (Å²) in [5.41, 5.74) is 2.86. The van der Waals surface area contributed by atoms with E-state index in [1.165, 1.54) is 4.68 Å². The maximum atomic E-state index is 10.6. The van der Waals surface area contributed by atoms with Gasteiger partial charge in [-0.2, -0.15) is 5.10 Å². The highest BCUT2D eigenvalue weighted by Crippen LogP contribution is 2.19. The first-order valence-electron chi connectivity index (χ1n) is 4.73. The van der Waals surface area contributed by atoms with Gasteiger partial charge in [0.1, 0.15) is 6.54 Å². The molecule has 0 fully saturated rings. The molecule has 0 atom stereocenters. The Morgan fingerprint density at radius 2 is 2.20 bits per heavy atom. The third kappa shape index (κ3) is 1.70. The number of aromatic nitrogens is 2. The summed E-state index contributed by atoms with van der Waals surface area (Å²) in [6, 6.07) is 5.94. The van der Waals surface area contributed by atoms with Crippen LogP contribution >= 0.6 is 0 Å². The molecule has 0 saturated heterocycles. The second-order valence-electron chi connectivity index (χ2n) is 3.66. The predicted octanol–water partition coefficient (Wildman–Crippen LogP) is 1.74. The summed E-state index contributed by atoms with van der Waals surface area (Å²) in [5.74, 6) is -0.874. The molecule has 2 rings (SSSR count). The summed E-state index contributed by atoms with van der Waals surface area (Å²) in [6.07, 6.45) is 0. The lowest BCUT2D eigenvalue weighted by atomic mass is 10.1. The summed E-state index contributed by atoms with van der Waals surface area (Å²) in [5, 5.41) is 14.0. The Morgan fingerprint density at radius 1 is 1.47 bits per heavy atom. The van der Waals surface area contributed by atoms with Gasteiger partial charge < -0.3 is 5.11 Å². The van der Waals surface area contributed by atoms with Gasteiger partial charge in [0.25, 0.3) is 0 Å². The molecular weight excluding hydrogens is 192 g/mol. The van der Waals surface area contributed by atoms with Crippen molar-refractivity contribution < 1.29 is 9.90 Å². The van der Waals surface area contributed by atoms with E-state index in [1.807, 2.05) is 32.0 Å². The molecule has 1 N–H and O–H groups in total. The predicted molar refractivity (Wildman–Crippen MR) is 56.8 cm³/mol. The number of carboxylic acids is 1. The van der Waals surface area contributed by atoms with Crippen LogP contribution in [-0.4, -0.2) is 20.9 Å². The Kier molecular flexibility index (Phi) is 2.19. The molecule has 0 bridgehead atoms. The number of hydrogen-bond donors (Lipinski definition) is 1. The maximum absolute atomic E-state index is 10.6. The van der Waals surface area contributed by atoms with Crippen molar-refractivity contribution in [3.8, 4) is 0 Å². The van der Waals surface area contributed by atoms with Gasteiger partial charge in [0.05, 0.1) is 11.2 Å². The molecule has 4 nitrogen and oxygen atoms in total. The molecule has 0 aliphatic rings. The number of carbonyl (C=O) groups is 1. The van der Waals surface area contributed by atoms with Crippen LogP contribution in [0.25, 0.3) is 10.9 Å². The normalized spacial score (nSPS) is 10.8. The number of benzene rings is 1. The fourth-order valence-electron chi connectivity index (χ4n) is 1.70. The van der Waals surface area contributed by atoms with Gasteiger partial charge in [-0.3, -0.25) is 9.48 Å². The van der Waals surface area contributed by atoms with E-state index in [9.17, 15) is 4.79 Å². The van der Waals surface area contributed by atoms with Gasteiger partial charge in [-0.05, 0) is 25.5 Å². The molecule has 4 heteroatoms. The van der Waals surface area contributed by atoms with Crippen molar-refractivity contribution in [2.45, 2.75) is 20.4 Å². The average molecular weight is 204 g/mol. The number of aryl methyl sites for hydroxylation is 2. The van der Waals surface area contributed by atoms with Crippen LogP contribution in [0.3, 0.4) is 0 Å². The minimum absolute atomic E-state index is 0.0895. The summed E-state index contributed by atoms with van der Waals surface area (Å²) in [4.78, 5) is 10.6. The van der Waals surface area contributed by atoms with E-state index >= 15 is 0 Å². The molecule has 1 aromatic heterocycles. The zero-order valence-electron chi connectivity index (χ0n) is 8.69. The van der Waals surface area contributed by atoms with Crippen LogP contribution in [0.15, 0.2) is 18.2 Å². The summed E-state index contributed by atoms with van der Waals surface area (Å²) < 4.78 is 1.53. The number of hydrogen-bond acceptors (Lipinski definition) is 2. The SMILES string of the molecule is Cc1ccc2c(C)nn(CC(=O)O)c2c1. The third-order valence-corrected chi connectivity index (χ3v) is 2.38. The number of rotatable bonds is 2. The smallest absolute Gasteiger partial charge is 0.325 e. The van der Waals surface area contributed by atoms with Gasteiger partial charge in [-0.15, -0.1) is 0 Å². The third-order valence-electron chi connectivity index (χ3n) is 2.38. The number of aliphatic carboxylic acids is 1. The summed E-state index contributed by atoms with van der Waals surface area (Å²) >= 11 is 0. The minimum Gasteiger partial charge on any atom is -0.480 e. The Bertz CT molecular complexity index is 529. The van der Waals surface area contributed by atoms with Crippen molar-refractivity contribution in [1.29, 1.82) is 0 Å². The molecule has 0 aliphatic carbocycles. The van der Waals surface area contributed by atoms with Gasteiger partial charge in [-0.25, -0.2) is 0 Å². The van der Waals surface area contributed by atoms with Gasteiger partial charge in [-0.1, -0.05) is 12.1 Å². The molecule has 0 amide bonds. The Hall–Kier alpha value is -1.84. The molecule has 0 radical (unpaired) electrons. The lowest BCUT2D eigenvalue weighted by Crippen LogP contribution is -2.09. The Morgan fingerprint density at radius 3 is 2.87 bits per heavy atom. The lowest BCUT2D eigenvalue weighted by molar-refractivity contribution is -0.137. The molecule has 0 spiro atoms. The zero-order valence-corrected chi connectivity index (χ0v) is 8.69. The number of fused-ring (bicyclic) bond motifs is 1. The van der Waals surface area contributed by atoms with Crippen LogP contribution in [0.1, 0.15) is 11.3 Å². The van der Waals surface area contributed by atoms with E-state index in [0.29, 0.717) is 0 Å². The van der Waals surface area contributed by atoms with Crippen molar-refractivity contribution in [1.82, 2.24) is 9.78 Å². The first-order valence-corrected chi connectivity index (χ1v) is 4.73. The van der Waals surface area contributed by atoms with Gasteiger partial charge in [0, 0.05) is 5.39 Å². The van der Waals surface area contributed by atoms with E-state index in [-0.39, 0.29) is 6.54 Å². The van der Waals surface area contributed by atoms with Crippen LogP contribution in [0.5, 0.6) is 0 Å². The number of carboxylic acid groups (broad SMARTS) is 1. The standard InChI is InChI=1S/C11H12N2O2/c1-7-3-4-9-8(2)12-13(6-11(14)15)10(9)5-7/h3-5H,6H2,1-2H3,(H,14,15). The summed E-state index contributed by atoms with van der Waals surface area (Å²) in [7, 11) is 0. The summed E-state index contributed by atoms with van der Waals surface area (Å²) in [6.45, 7) is 3.77. The van der Waals surface area contributed by atoms with Crippen LogP contribution in [-0.2, 0) is 11.3 Å². The van der Waals surface area contributed by atoms with Crippen molar-refractivity contribution in [2.24, 2.45) is 0 Å². The average Bonchev–Trinajstić information content (AvgIpc) is 2.42. The van der Waals surface area contributed by atoms with Crippen LogP contribution in [0, 0.1) is 13.8 Å². The van der Waals surface area contributed by atoms with E-state index in [4.69, 9.17) is 5.11 Å². The second kappa shape index (κ2) is 3.38. The first kappa shape index (κ1) is 9.71. The van der Waals surface area contributed by atoms with E-state index in [0.717, 1.165) is 22.2 Å². The second-order valence-corrected chi connectivity index (χ2v) is 3.66. The van der Waals surface area contributed by atoms with Crippen LogP contribution in [0.4, 0.5) is 0 Å². The van der Waals surface area contributed by atoms with Gasteiger partial charge in [0.2, 0.25) is 0 Å². The Balaban J connectivity index is 2.64. The maximum Gasteiger partial charge on any atom is 0.325 e. The van der Waals surface area contributed by atoms with E-state index in [2.05, 4.69) is 5.10 Å². The largest absolute Gasteiger partial charge is 0.480 e. The monoisotopic (exact) mass is 204 g/mol. The van der Waals surface area contributed by atoms with Gasteiger partial charge >= 0.3 is 5.97 Å². The quantitative estimate of drug-likeness (QED) is 0.810. The van der Waals surface area contributed by atoms with Crippen molar-refractivity contribution in [3.63, 3.8) is 0 Å². The highest BCUT2D eigenvalue weighted by molar-refractivity contribution is 5.83. The fourth-order valence-corrected chi connectivity index (χ4v) is 1.70. The van der Waals surface area contributed by atoms with E-state index in [1.54, 1.807) is 0 Å². The molecule has 2 aromatic rings. The molecule has 78 valence electrons. The lowest BCUT2D eigenvalue weighted by Gasteiger charge is -1.99. The first-order chi connectivity index (χ1) is 7.08. The highest BCUT2D eigenvalue weighted by Gasteiger charge is 2.09. The molecule has 0 unspecified atom stereocenters. The molecule has 1 aromatic carbocycles. The van der Waals surface area contributed by atoms with Gasteiger partial charge in [0.15, 0.2) is 0 Å². The molecular formula is C11H12N2O2. The van der Waals surface area contributed by atoms with Crippen molar-refractivity contribution >= 4 is 16.9 Å². The van der Waals surface area contributed by atoms with Crippen LogP contribution in [0.2, 0.25) is 0 Å². The van der Waals surface area contributed by atoms with Crippen molar-refractivity contribution in [3.05, 3.63) is 29.5 Å². The Labute approximate surface area is 87.1 Å².